The van der Waals surface area contributed by atoms with Gasteiger partial charge in [0.1, 0.15) is 11.8 Å². The first kappa shape index (κ1) is 24.9. The Hall–Kier alpha value is -3.77. The van der Waals surface area contributed by atoms with Crippen LogP contribution in [-0.2, 0) is 20.1 Å². The molecule has 0 bridgehead atoms. The summed E-state index contributed by atoms with van der Waals surface area (Å²) in [5, 5.41) is 12.8. The molecule has 37 heavy (non-hydrogen) atoms. The third-order valence-corrected chi connectivity index (χ3v) is 7.28. The van der Waals surface area contributed by atoms with Crippen molar-refractivity contribution in [3.05, 3.63) is 106 Å². The van der Waals surface area contributed by atoms with E-state index in [1.54, 1.807) is 0 Å². The van der Waals surface area contributed by atoms with Crippen molar-refractivity contribution < 1.29 is 20.1 Å². The quantitative estimate of drug-likeness (QED) is 0.139. The van der Waals surface area contributed by atoms with Crippen molar-refractivity contribution in [1.29, 1.82) is 5.26 Å². The molecule has 0 atom stereocenters. The Morgan fingerprint density at radius 1 is 0.838 bits per heavy atom. The number of hydrogen-bond donors (Lipinski definition) is 0. The average Bonchev–Trinajstić information content (AvgIpc) is 3.28. The zero-order valence-corrected chi connectivity index (χ0v) is 23.9. The molecule has 6 aromatic rings. The molecule has 1 radical (unpaired) electrons. The molecule has 0 aliphatic rings. The van der Waals surface area contributed by atoms with Crippen molar-refractivity contribution >= 4 is 27.3 Å². The fraction of sp³-hybridized carbons (Fsp3) is 0.152. The molecule has 0 aliphatic heterocycles. The number of pyridine rings is 1. The van der Waals surface area contributed by atoms with Crippen molar-refractivity contribution in [3.63, 3.8) is 0 Å². The molecule has 183 valence electrons. The molecular weight excluding hydrogens is 631 g/mol. The van der Waals surface area contributed by atoms with Gasteiger partial charge in [-0.15, -0.1) is 18.2 Å². The molecule has 0 saturated carbocycles. The van der Waals surface area contributed by atoms with Gasteiger partial charge in [0.25, 0.3) is 0 Å². The fourth-order valence-electron chi connectivity index (χ4n) is 5.93. The van der Waals surface area contributed by atoms with E-state index in [4.69, 9.17) is 0 Å². The van der Waals surface area contributed by atoms with Crippen LogP contribution in [0.25, 0.3) is 49.6 Å². The smallest absolute Gasteiger partial charge is 0.148 e. The number of nitriles is 1. The third kappa shape index (κ3) is 3.87. The Balaban J connectivity index is 0.00000280. The third-order valence-electron chi connectivity index (χ3n) is 7.28. The van der Waals surface area contributed by atoms with Gasteiger partial charge in [-0.05, 0) is 85.0 Å². The summed E-state index contributed by atoms with van der Waals surface area (Å²) in [4.78, 5) is 4.68. The SMILES string of the molecule is Cc1cc(C)c(-c2cc[c-]c3c2c2cc(-c4c(C)cccc4C)ccc2n2cc(C#N)nc32)c(C)c1.[Ir]. The molecule has 0 spiro atoms. The molecule has 3 nitrogen and oxygen atoms in total. The zero-order valence-electron chi connectivity index (χ0n) is 21.5. The number of nitrogens with zero attached hydrogens (tertiary/aromatic N) is 3. The second kappa shape index (κ2) is 9.27. The predicted molar refractivity (Wildman–Crippen MR) is 148 cm³/mol. The van der Waals surface area contributed by atoms with E-state index >= 15 is 0 Å². The topological polar surface area (TPSA) is 41.1 Å². The number of aryl methyl sites for hydroxylation is 5. The zero-order chi connectivity index (χ0) is 25.1. The second-order valence-corrected chi connectivity index (χ2v) is 9.85. The van der Waals surface area contributed by atoms with E-state index in [1.807, 2.05) is 16.7 Å². The molecular formula is C33H26IrN3-. The van der Waals surface area contributed by atoms with Crippen LogP contribution in [-0.4, -0.2) is 9.38 Å². The van der Waals surface area contributed by atoms with E-state index in [2.05, 4.69) is 106 Å². The molecule has 0 saturated heterocycles. The van der Waals surface area contributed by atoms with Gasteiger partial charge in [0.05, 0.1) is 5.65 Å². The summed E-state index contributed by atoms with van der Waals surface area (Å²) in [7, 11) is 0. The van der Waals surface area contributed by atoms with E-state index in [0.29, 0.717) is 5.69 Å². The minimum Gasteiger partial charge on any atom is -0.339 e. The number of benzene rings is 4. The average molecular weight is 657 g/mol. The van der Waals surface area contributed by atoms with Gasteiger partial charge in [0.2, 0.25) is 0 Å². The summed E-state index contributed by atoms with van der Waals surface area (Å²) in [6.07, 6.45) is 1.83. The molecule has 6 rings (SSSR count). The Labute approximate surface area is 230 Å². The first-order valence-corrected chi connectivity index (χ1v) is 12.2. The second-order valence-electron chi connectivity index (χ2n) is 9.85. The standard InChI is InChI=1S/C33H26N3.Ir/c1-19-14-22(4)31(23(5)15-19)26-10-7-11-27-32(26)28-16-24(30-20(2)8-6-9-21(30)3)12-13-29(28)36-18-25(17-34)35-33(27)36;/h6-10,12-16,18H,1-5H3;/q-1;. The molecule has 0 N–H and O–H groups in total. The van der Waals surface area contributed by atoms with Crippen LogP contribution in [0.5, 0.6) is 0 Å². The number of hydrogen-bond acceptors (Lipinski definition) is 2. The predicted octanol–water partition coefficient (Wildman–Crippen LogP) is 8.19. The summed E-state index contributed by atoms with van der Waals surface area (Å²) >= 11 is 0. The van der Waals surface area contributed by atoms with Gasteiger partial charge in [-0.3, -0.25) is 4.98 Å². The number of imidazole rings is 1. The van der Waals surface area contributed by atoms with Gasteiger partial charge in [-0.1, -0.05) is 64.4 Å². The normalized spacial score (nSPS) is 11.1. The summed E-state index contributed by atoms with van der Waals surface area (Å²) in [6, 6.07) is 27.4. The largest absolute Gasteiger partial charge is 0.339 e. The van der Waals surface area contributed by atoms with Gasteiger partial charge < -0.3 is 4.40 Å². The molecule has 4 aromatic carbocycles. The van der Waals surface area contributed by atoms with E-state index in [-0.39, 0.29) is 20.1 Å². The minimum absolute atomic E-state index is 0. The minimum atomic E-state index is 0. The van der Waals surface area contributed by atoms with E-state index in [0.717, 1.165) is 27.3 Å². The van der Waals surface area contributed by atoms with Gasteiger partial charge in [-0.25, -0.2) is 0 Å². The summed E-state index contributed by atoms with van der Waals surface area (Å²) in [6.45, 7) is 10.8. The van der Waals surface area contributed by atoms with Gasteiger partial charge in [0.15, 0.2) is 0 Å². The molecule has 4 heteroatoms. The summed E-state index contributed by atoms with van der Waals surface area (Å²) in [5.41, 5.74) is 13.3. The fourth-order valence-corrected chi connectivity index (χ4v) is 5.93. The molecule has 0 aliphatic carbocycles. The van der Waals surface area contributed by atoms with Crippen molar-refractivity contribution in [3.8, 4) is 28.3 Å². The van der Waals surface area contributed by atoms with E-state index in [1.165, 1.54) is 50.1 Å². The number of aromatic nitrogens is 2. The van der Waals surface area contributed by atoms with Gasteiger partial charge >= 0.3 is 0 Å². The van der Waals surface area contributed by atoms with Crippen molar-refractivity contribution in [2.24, 2.45) is 0 Å². The first-order valence-electron chi connectivity index (χ1n) is 12.2. The maximum atomic E-state index is 9.63. The molecule has 0 amide bonds. The Bertz CT molecular complexity index is 1860. The molecule has 0 fully saturated rings. The maximum Gasteiger partial charge on any atom is 0.148 e. The molecule has 2 aromatic heterocycles. The number of fused-ring (bicyclic) bond motifs is 6. The van der Waals surface area contributed by atoms with Crippen LogP contribution >= 0.6 is 0 Å². The molecule has 0 unspecified atom stereocenters. The monoisotopic (exact) mass is 657 g/mol. The first-order chi connectivity index (χ1) is 17.4. The van der Waals surface area contributed by atoms with Crippen LogP contribution in [0.2, 0.25) is 0 Å². The Morgan fingerprint density at radius 2 is 1.54 bits per heavy atom. The van der Waals surface area contributed by atoms with Crippen molar-refractivity contribution in [1.82, 2.24) is 9.38 Å². The maximum absolute atomic E-state index is 9.63. The van der Waals surface area contributed by atoms with Crippen LogP contribution in [0.3, 0.4) is 0 Å². The number of rotatable bonds is 2. The summed E-state index contributed by atoms with van der Waals surface area (Å²) < 4.78 is 2.04. The van der Waals surface area contributed by atoms with Crippen LogP contribution in [0.1, 0.15) is 33.5 Å². The Kier molecular flexibility index (Phi) is 6.24. The Morgan fingerprint density at radius 3 is 2.22 bits per heavy atom. The van der Waals surface area contributed by atoms with Crippen LogP contribution in [0.4, 0.5) is 0 Å². The van der Waals surface area contributed by atoms with E-state index < -0.39 is 0 Å². The van der Waals surface area contributed by atoms with E-state index in [9.17, 15) is 5.26 Å². The van der Waals surface area contributed by atoms with Crippen LogP contribution < -0.4 is 0 Å². The van der Waals surface area contributed by atoms with Crippen molar-refractivity contribution in [2.75, 3.05) is 0 Å². The molecule has 2 heterocycles. The summed E-state index contributed by atoms with van der Waals surface area (Å²) in [5.74, 6) is 0. The van der Waals surface area contributed by atoms with Crippen molar-refractivity contribution in [2.45, 2.75) is 34.6 Å². The van der Waals surface area contributed by atoms with Crippen LogP contribution in [0, 0.1) is 52.0 Å². The van der Waals surface area contributed by atoms with Gasteiger partial charge in [-0.2, -0.15) is 5.26 Å². The van der Waals surface area contributed by atoms with Crippen LogP contribution in [0.15, 0.2) is 66.9 Å². The van der Waals surface area contributed by atoms with Gasteiger partial charge in [0, 0.05) is 31.8 Å².